The van der Waals surface area contributed by atoms with Crippen molar-refractivity contribution in [3.05, 3.63) is 29.8 Å². The maximum atomic E-state index is 10.8. The van der Waals surface area contributed by atoms with Crippen LogP contribution in [0.25, 0.3) is 0 Å². The largest absolute Gasteiger partial charge is 0.481 e. The van der Waals surface area contributed by atoms with Gasteiger partial charge in [0.2, 0.25) is 0 Å². The highest BCUT2D eigenvalue weighted by Gasteiger charge is 2.17. The van der Waals surface area contributed by atoms with Gasteiger partial charge in [0.25, 0.3) is 0 Å². The number of benzene rings is 1. The van der Waals surface area contributed by atoms with Gasteiger partial charge in [-0.2, -0.15) is 0 Å². The number of hydrogen-bond acceptors (Lipinski definition) is 3. The summed E-state index contributed by atoms with van der Waals surface area (Å²) in [6.07, 6.45) is 1.98. The minimum absolute atomic E-state index is 0.0118. The topological polar surface area (TPSA) is 52.9 Å². The molecule has 0 saturated heterocycles. The van der Waals surface area contributed by atoms with Crippen molar-refractivity contribution >= 4 is 18.0 Å². The average Bonchev–Trinajstić information content (AvgIpc) is 2.81. The molecule has 0 saturated carbocycles. The van der Waals surface area contributed by atoms with Gasteiger partial charge in [-0.15, -0.1) is 0 Å². The Labute approximate surface area is 101 Å². The van der Waals surface area contributed by atoms with Gasteiger partial charge < -0.3 is 10.0 Å². The van der Waals surface area contributed by atoms with Crippen molar-refractivity contribution in [1.29, 1.82) is 0 Å². The van der Waals surface area contributed by atoms with Gasteiger partial charge in [-0.05, 0) is 17.5 Å². The molecule has 1 aromatic rings. The highest BCUT2D eigenvalue weighted by Crippen LogP contribution is 2.29. The van der Waals surface area contributed by atoms with Crippen LogP contribution in [0.5, 0.6) is 0 Å². The van der Waals surface area contributed by atoms with Gasteiger partial charge in [-0.1, -0.05) is 25.1 Å². The van der Waals surface area contributed by atoms with E-state index in [1.54, 1.807) is 0 Å². The zero-order valence-electron chi connectivity index (χ0n) is 9.84. The highest BCUT2D eigenvalue weighted by atomic mass is 16.4. The van der Waals surface area contributed by atoms with Crippen LogP contribution in [0.2, 0.25) is 0 Å². The summed E-state index contributed by atoms with van der Waals surface area (Å²) in [5.41, 5.74) is 2.14. The molecule has 17 heavy (non-hydrogen) atoms. The second kappa shape index (κ2) is 4.99. The lowest BCUT2D eigenvalue weighted by molar-refractivity contribution is -0.137. The molecule has 1 heterocycles. The summed E-state index contributed by atoms with van der Waals surface area (Å²) >= 11 is 0. The summed E-state index contributed by atoms with van der Waals surface area (Å²) < 4.78 is 0. The Hall–Kier alpha value is -1.84. The first-order chi connectivity index (χ1) is 8.18. The van der Waals surface area contributed by atoms with E-state index >= 15 is 0 Å². The normalized spacial score (nSPS) is 16.2. The van der Waals surface area contributed by atoms with Crippen LogP contribution in [0.4, 0.5) is 5.69 Å². The molecule has 90 valence electrons. The molecule has 0 bridgehead atoms. The first-order valence-corrected chi connectivity index (χ1v) is 5.76. The number of carbonyl (C=O) groups is 1. The van der Waals surface area contributed by atoms with Gasteiger partial charge in [-0.25, -0.2) is 0 Å². The molecule has 0 spiro atoms. The lowest BCUT2D eigenvalue weighted by Crippen LogP contribution is -2.20. The quantitative estimate of drug-likeness (QED) is 0.865. The molecule has 4 nitrogen and oxygen atoms in total. The van der Waals surface area contributed by atoms with Gasteiger partial charge >= 0.3 is 5.97 Å². The summed E-state index contributed by atoms with van der Waals surface area (Å²) in [6.45, 7) is 3.62. The maximum absolute atomic E-state index is 10.8. The Kier molecular flexibility index (Phi) is 3.42. The third kappa shape index (κ3) is 2.64. The van der Waals surface area contributed by atoms with E-state index in [-0.39, 0.29) is 12.3 Å². The van der Waals surface area contributed by atoms with Crippen molar-refractivity contribution in [2.24, 2.45) is 4.99 Å². The van der Waals surface area contributed by atoms with Crippen LogP contribution in [-0.4, -0.2) is 30.5 Å². The van der Waals surface area contributed by atoms with E-state index in [0.29, 0.717) is 0 Å². The fourth-order valence-electron chi connectivity index (χ4n) is 2.10. The van der Waals surface area contributed by atoms with E-state index in [1.807, 2.05) is 37.5 Å². The fraction of sp³-hybridized carbons (Fsp3) is 0.385. The number of nitrogens with zero attached hydrogens (tertiary/aromatic N) is 2. The van der Waals surface area contributed by atoms with E-state index in [1.165, 1.54) is 0 Å². The Morgan fingerprint density at radius 2 is 2.29 bits per heavy atom. The summed E-state index contributed by atoms with van der Waals surface area (Å²) in [4.78, 5) is 17.0. The van der Waals surface area contributed by atoms with Crippen LogP contribution in [0, 0.1) is 0 Å². The van der Waals surface area contributed by atoms with E-state index in [4.69, 9.17) is 5.11 Å². The molecule has 1 unspecified atom stereocenters. The van der Waals surface area contributed by atoms with Crippen molar-refractivity contribution in [1.82, 2.24) is 0 Å². The molecular formula is C13H16N2O2. The van der Waals surface area contributed by atoms with Crippen molar-refractivity contribution in [3.8, 4) is 0 Å². The predicted molar refractivity (Wildman–Crippen MR) is 67.8 cm³/mol. The van der Waals surface area contributed by atoms with Crippen LogP contribution in [-0.2, 0) is 4.79 Å². The zero-order chi connectivity index (χ0) is 12.3. The third-order valence-electron chi connectivity index (χ3n) is 2.95. The fourth-order valence-corrected chi connectivity index (χ4v) is 2.10. The molecule has 1 aliphatic heterocycles. The number of aliphatic carboxylic acids is 1. The first kappa shape index (κ1) is 11.6. The summed E-state index contributed by atoms with van der Waals surface area (Å²) in [5, 5.41) is 8.86. The molecular weight excluding hydrogens is 216 g/mol. The SMILES string of the molecule is CC(CC(=O)O)c1ccccc1N1C=NCC1. The third-order valence-corrected chi connectivity index (χ3v) is 2.95. The number of rotatable bonds is 4. The molecule has 4 heteroatoms. The Balaban J connectivity index is 2.26. The van der Waals surface area contributed by atoms with Crippen LogP contribution in [0.3, 0.4) is 0 Å². The molecule has 1 aromatic carbocycles. The number of carboxylic acid groups (broad SMARTS) is 1. The van der Waals surface area contributed by atoms with Gasteiger partial charge in [0, 0.05) is 12.2 Å². The van der Waals surface area contributed by atoms with E-state index in [2.05, 4.69) is 9.89 Å². The smallest absolute Gasteiger partial charge is 0.303 e. The number of anilines is 1. The first-order valence-electron chi connectivity index (χ1n) is 5.76. The maximum Gasteiger partial charge on any atom is 0.303 e. The minimum atomic E-state index is -0.762. The average molecular weight is 232 g/mol. The Bertz CT molecular complexity index is 443. The minimum Gasteiger partial charge on any atom is -0.481 e. The van der Waals surface area contributed by atoms with Crippen LogP contribution in [0.15, 0.2) is 29.3 Å². The monoisotopic (exact) mass is 232 g/mol. The van der Waals surface area contributed by atoms with E-state index < -0.39 is 5.97 Å². The standard InChI is InChI=1S/C13H16N2O2/c1-10(8-13(16)17)11-4-2-3-5-12(11)15-7-6-14-9-15/h2-5,9-10H,6-8H2,1H3,(H,16,17). The van der Waals surface area contributed by atoms with Gasteiger partial charge in [-0.3, -0.25) is 9.79 Å². The van der Waals surface area contributed by atoms with Crippen LogP contribution in [0.1, 0.15) is 24.8 Å². The number of hydrogen-bond donors (Lipinski definition) is 1. The van der Waals surface area contributed by atoms with E-state index in [0.717, 1.165) is 24.3 Å². The molecule has 2 rings (SSSR count). The Morgan fingerprint density at radius 1 is 1.53 bits per heavy atom. The second-order valence-corrected chi connectivity index (χ2v) is 4.27. The molecule has 1 atom stereocenters. The van der Waals surface area contributed by atoms with E-state index in [9.17, 15) is 4.79 Å². The summed E-state index contributed by atoms with van der Waals surface area (Å²) in [6, 6.07) is 7.93. The Morgan fingerprint density at radius 3 is 2.94 bits per heavy atom. The molecule has 0 aromatic heterocycles. The molecule has 0 aliphatic carbocycles. The zero-order valence-corrected chi connectivity index (χ0v) is 9.84. The number of para-hydroxylation sites is 1. The number of aliphatic imine (C=N–C) groups is 1. The van der Waals surface area contributed by atoms with Crippen molar-refractivity contribution in [2.75, 3.05) is 18.0 Å². The molecule has 1 N–H and O–H groups in total. The van der Waals surface area contributed by atoms with Gasteiger partial charge in [0.15, 0.2) is 0 Å². The lowest BCUT2D eigenvalue weighted by atomic mass is 9.95. The molecule has 1 aliphatic rings. The van der Waals surface area contributed by atoms with Crippen LogP contribution >= 0.6 is 0 Å². The predicted octanol–water partition coefficient (Wildman–Crippen LogP) is 2.11. The highest BCUT2D eigenvalue weighted by molar-refractivity contribution is 5.83. The van der Waals surface area contributed by atoms with Crippen molar-refractivity contribution < 1.29 is 9.90 Å². The molecule has 0 amide bonds. The molecule has 0 fully saturated rings. The lowest BCUT2D eigenvalue weighted by Gasteiger charge is -2.21. The number of carboxylic acids is 1. The summed E-state index contributed by atoms with van der Waals surface area (Å²) in [7, 11) is 0. The van der Waals surface area contributed by atoms with Crippen LogP contribution < -0.4 is 4.90 Å². The second-order valence-electron chi connectivity index (χ2n) is 4.27. The van der Waals surface area contributed by atoms with Gasteiger partial charge in [0.05, 0.1) is 19.3 Å². The van der Waals surface area contributed by atoms with Crippen molar-refractivity contribution in [2.45, 2.75) is 19.3 Å². The van der Waals surface area contributed by atoms with Crippen molar-refractivity contribution in [3.63, 3.8) is 0 Å². The molecule has 0 radical (unpaired) electrons. The van der Waals surface area contributed by atoms with Gasteiger partial charge in [0.1, 0.15) is 0 Å². The summed E-state index contributed by atoms with van der Waals surface area (Å²) in [5.74, 6) is -0.750.